The van der Waals surface area contributed by atoms with E-state index in [0.29, 0.717) is 18.5 Å². The second kappa shape index (κ2) is 5.01. The van der Waals surface area contributed by atoms with Crippen LogP contribution in [-0.2, 0) is 0 Å². The Kier molecular flexibility index (Phi) is 3.42. The van der Waals surface area contributed by atoms with Gasteiger partial charge in [0.1, 0.15) is 11.3 Å². The summed E-state index contributed by atoms with van der Waals surface area (Å²) >= 11 is 0. The number of nitrogens with zero attached hydrogens (tertiary/aromatic N) is 3. The molecule has 0 saturated heterocycles. The first-order valence-corrected chi connectivity index (χ1v) is 5.77. The summed E-state index contributed by atoms with van der Waals surface area (Å²) in [6.07, 6.45) is 0.439. The maximum Gasteiger partial charge on any atom is 0.149 e. The molecule has 3 nitrogen and oxygen atoms in total. The van der Waals surface area contributed by atoms with E-state index in [0.717, 1.165) is 16.8 Å². The van der Waals surface area contributed by atoms with Crippen LogP contribution >= 0.6 is 0 Å². The van der Waals surface area contributed by atoms with Crippen LogP contribution in [0.4, 0.5) is 10.1 Å². The molecule has 1 aromatic carbocycles. The van der Waals surface area contributed by atoms with Crippen molar-refractivity contribution in [1.82, 2.24) is 4.98 Å². The summed E-state index contributed by atoms with van der Waals surface area (Å²) in [6, 6.07) is 8.96. The first-order valence-electron chi connectivity index (χ1n) is 5.77. The molecule has 92 valence electrons. The zero-order chi connectivity index (χ0) is 13.1. The standard InChI is InChI=1S/C14H14FN3/c1-10-9-13(18(2)8-4-7-16)11-5-3-6-12(15)14(11)17-10/h3,5-6,9H,4,8H2,1-2H3. The maximum absolute atomic E-state index is 13.7. The van der Waals surface area contributed by atoms with Gasteiger partial charge < -0.3 is 4.90 Å². The summed E-state index contributed by atoms with van der Waals surface area (Å²) in [4.78, 5) is 6.19. The van der Waals surface area contributed by atoms with Crippen molar-refractivity contribution < 1.29 is 4.39 Å². The van der Waals surface area contributed by atoms with Crippen LogP contribution in [0.1, 0.15) is 12.1 Å². The maximum atomic E-state index is 13.7. The molecular formula is C14H14FN3. The number of hydrogen-bond acceptors (Lipinski definition) is 3. The van der Waals surface area contributed by atoms with Crippen LogP contribution in [0.5, 0.6) is 0 Å². The van der Waals surface area contributed by atoms with Gasteiger partial charge >= 0.3 is 0 Å². The van der Waals surface area contributed by atoms with Crippen LogP contribution in [0.2, 0.25) is 0 Å². The number of anilines is 1. The number of nitriles is 1. The largest absolute Gasteiger partial charge is 0.373 e. The fourth-order valence-electron chi connectivity index (χ4n) is 1.97. The van der Waals surface area contributed by atoms with E-state index >= 15 is 0 Å². The van der Waals surface area contributed by atoms with Crippen molar-refractivity contribution in [3.63, 3.8) is 0 Å². The third-order valence-electron chi connectivity index (χ3n) is 2.87. The lowest BCUT2D eigenvalue weighted by Gasteiger charge is -2.20. The zero-order valence-electron chi connectivity index (χ0n) is 10.4. The molecule has 4 heteroatoms. The van der Waals surface area contributed by atoms with Crippen LogP contribution in [0.25, 0.3) is 10.9 Å². The van der Waals surface area contributed by atoms with Crippen molar-refractivity contribution in [3.05, 3.63) is 35.8 Å². The Hall–Kier alpha value is -2.15. The van der Waals surface area contributed by atoms with Crippen LogP contribution in [0.3, 0.4) is 0 Å². The van der Waals surface area contributed by atoms with Gasteiger partial charge in [0, 0.05) is 30.4 Å². The molecule has 0 aliphatic carbocycles. The molecule has 0 atom stereocenters. The van der Waals surface area contributed by atoms with Crippen molar-refractivity contribution in [2.75, 3.05) is 18.5 Å². The predicted octanol–water partition coefficient (Wildman–Crippen LogP) is 3.03. The van der Waals surface area contributed by atoms with Gasteiger partial charge in [-0.2, -0.15) is 5.26 Å². The minimum absolute atomic E-state index is 0.314. The van der Waals surface area contributed by atoms with Gasteiger partial charge in [-0.3, -0.25) is 0 Å². The molecule has 1 heterocycles. The van der Waals surface area contributed by atoms with Crippen molar-refractivity contribution in [3.8, 4) is 6.07 Å². The molecule has 0 aliphatic rings. The average molecular weight is 243 g/mol. The third-order valence-corrected chi connectivity index (χ3v) is 2.87. The molecule has 18 heavy (non-hydrogen) atoms. The molecule has 0 spiro atoms. The van der Waals surface area contributed by atoms with Crippen molar-refractivity contribution in [2.24, 2.45) is 0 Å². The smallest absolute Gasteiger partial charge is 0.149 e. The zero-order valence-corrected chi connectivity index (χ0v) is 10.4. The van der Waals surface area contributed by atoms with Crippen LogP contribution < -0.4 is 4.90 Å². The second-order valence-corrected chi connectivity index (χ2v) is 4.25. The van der Waals surface area contributed by atoms with Crippen molar-refractivity contribution in [2.45, 2.75) is 13.3 Å². The number of hydrogen-bond donors (Lipinski definition) is 0. The minimum atomic E-state index is -0.314. The summed E-state index contributed by atoms with van der Waals surface area (Å²) < 4.78 is 13.7. The van der Waals surface area contributed by atoms with E-state index in [1.165, 1.54) is 6.07 Å². The van der Waals surface area contributed by atoms with E-state index in [4.69, 9.17) is 5.26 Å². The number of benzene rings is 1. The van der Waals surface area contributed by atoms with E-state index in [1.54, 1.807) is 6.07 Å². The summed E-state index contributed by atoms with van der Waals surface area (Å²) in [5.41, 5.74) is 2.06. The van der Waals surface area contributed by atoms with Gasteiger partial charge in [0.2, 0.25) is 0 Å². The van der Waals surface area contributed by atoms with Crippen LogP contribution in [0, 0.1) is 24.1 Å². The number of fused-ring (bicyclic) bond motifs is 1. The van der Waals surface area contributed by atoms with Gasteiger partial charge in [-0.1, -0.05) is 12.1 Å². The summed E-state index contributed by atoms with van der Waals surface area (Å²) in [5, 5.41) is 9.40. The predicted molar refractivity (Wildman–Crippen MR) is 69.9 cm³/mol. The Morgan fingerprint density at radius 2 is 2.22 bits per heavy atom. The number of para-hydroxylation sites is 1. The number of rotatable bonds is 3. The van der Waals surface area contributed by atoms with Gasteiger partial charge in [0.15, 0.2) is 0 Å². The lowest BCUT2D eigenvalue weighted by Crippen LogP contribution is -2.18. The average Bonchev–Trinajstić information content (AvgIpc) is 2.36. The highest BCUT2D eigenvalue weighted by molar-refractivity contribution is 5.92. The van der Waals surface area contributed by atoms with Crippen LogP contribution in [-0.4, -0.2) is 18.6 Å². The quantitative estimate of drug-likeness (QED) is 0.831. The highest BCUT2D eigenvalue weighted by Gasteiger charge is 2.10. The van der Waals surface area contributed by atoms with Crippen LogP contribution in [0.15, 0.2) is 24.3 Å². The first kappa shape index (κ1) is 12.3. The Bertz CT molecular complexity index is 616. The van der Waals surface area contributed by atoms with E-state index in [9.17, 15) is 4.39 Å². The van der Waals surface area contributed by atoms with Gasteiger partial charge in [-0.05, 0) is 19.1 Å². The molecule has 0 fully saturated rings. The first-order chi connectivity index (χ1) is 8.63. The number of aryl methyl sites for hydroxylation is 1. The molecular weight excluding hydrogens is 229 g/mol. The van der Waals surface area contributed by atoms with Gasteiger partial charge in [-0.15, -0.1) is 0 Å². The monoisotopic (exact) mass is 243 g/mol. The number of aromatic nitrogens is 1. The Morgan fingerprint density at radius 3 is 2.94 bits per heavy atom. The summed E-state index contributed by atoms with van der Waals surface area (Å²) in [6.45, 7) is 2.46. The molecule has 0 unspecified atom stereocenters. The highest BCUT2D eigenvalue weighted by Crippen LogP contribution is 2.27. The lowest BCUT2D eigenvalue weighted by molar-refractivity contribution is 0.636. The fraction of sp³-hybridized carbons (Fsp3) is 0.286. The second-order valence-electron chi connectivity index (χ2n) is 4.25. The normalized spacial score (nSPS) is 10.3. The Balaban J connectivity index is 2.56. The van der Waals surface area contributed by atoms with E-state index in [1.807, 2.05) is 31.0 Å². The Labute approximate surface area is 105 Å². The molecule has 0 amide bonds. The lowest BCUT2D eigenvalue weighted by atomic mass is 10.1. The fourth-order valence-corrected chi connectivity index (χ4v) is 1.97. The molecule has 0 saturated carbocycles. The molecule has 2 rings (SSSR count). The number of halogens is 1. The molecule has 0 aliphatic heterocycles. The minimum Gasteiger partial charge on any atom is -0.373 e. The molecule has 0 radical (unpaired) electrons. The molecule has 1 aromatic heterocycles. The SMILES string of the molecule is Cc1cc(N(C)CCC#N)c2cccc(F)c2n1. The molecule has 0 bridgehead atoms. The topological polar surface area (TPSA) is 39.9 Å². The summed E-state index contributed by atoms with van der Waals surface area (Å²) in [5.74, 6) is -0.314. The van der Waals surface area contributed by atoms with E-state index in [2.05, 4.69) is 11.1 Å². The van der Waals surface area contributed by atoms with Gasteiger partial charge in [0.25, 0.3) is 0 Å². The Morgan fingerprint density at radius 1 is 1.44 bits per heavy atom. The van der Waals surface area contributed by atoms with E-state index in [-0.39, 0.29) is 5.82 Å². The molecule has 2 aromatic rings. The van der Waals surface area contributed by atoms with E-state index < -0.39 is 0 Å². The molecule has 0 N–H and O–H groups in total. The van der Waals surface area contributed by atoms with Crippen molar-refractivity contribution >= 4 is 16.6 Å². The van der Waals surface area contributed by atoms with Gasteiger partial charge in [-0.25, -0.2) is 9.37 Å². The third kappa shape index (κ3) is 2.25. The number of pyridine rings is 1. The van der Waals surface area contributed by atoms with Gasteiger partial charge in [0.05, 0.1) is 12.5 Å². The highest BCUT2D eigenvalue weighted by atomic mass is 19.1. The van der Waals surface area contributed by atoms with Crippen molar-refractivity contribution in [1.29, 1.82) is 5.26 Å². The summed E-state index contributed by atoms with van der Waals surface area (Å²) in [7, 11) is 1.90.